The van der Waals surface area contributed by atoms with Crippen LogP contribution >= 0.6 is 0 Å². The number of likely N-dealkylation sites (N-methyl/N-ethyl adjacent to an activating group) is 1. The first kappa shape index (κ1) is 17.2. The number of imide groups is 2. The van der Waals surface area contributed by atoms with E-state index in [1.54, 1.807) is 18.3 Å². The van der Waals surface area contributed by atoms with Crippen LogP contribution in [0.2, 0.25) is 0 Å². The standard InChI is InChI=1S/C18H22N4O3/c1-12-4-5-14(10-13(12)2)22-17(24)15(16(23)19-18(22)25)11-21-8-6-20(3)7-9-21/h4-5,10-11H,6-9H2,1-3H3,(H,19,23,25)/p+1/b15-11+. The molecule has 0 radical (unpaired) electrons. The molecule has 2 heterocycles. The Balaban J connectivity index is 1.90. The maximum absolute atomic E-state index is 12.8. The zero-order valence-electron chi connectivity index (χ0n) is 14.8. The first-order chi connectivity index (χ1) is 11.9. The molecule has 1 aromatic rings. The Morgan fingerprint density at radius 2 is 1.76 bits per heavy atom. The first-order valence-corrected chi connectivity index (χ1v) is 8.41. The van der Waals surface area contributed by atoms with Crippen molar-refractivity contribution >= 4 is 23.5 Å². The van der Waals surface area contributed by atoms with Crippen LogP contribution in [-0.4, -0.2) is 56.0 Å². The van der Waals surface area contributed by atoms with Gasteiger partial charge in [0.1, 0.15) is 5.57 Å². The summed E-state index contributed by atoms with van der Waals surface area (Å²) < 4.78 is 0. The number of rotatable bonds is 2. The average Bonchev–Trinajstić information content (AvgIpc) is 2.56. The highest BCUT2D eigenvalue weighted by atomic mass is 16.2. The van der Waals surface area contributed by atoms with Crippen LogP contribution in [0.5, 0.6) is 0 Å². The van der Waals surface area contributed by atoms with E-state index in [1.807, 2.05) is 24.8 Å². The highest BCUT2D eigenvalue weighted by Gasteiger charge is 2.37. The summed E-state index contributed by atoms with van der Waals surface area (Å²) in [6, 6.07) is 4.64. The fraction of sp³-hybridized carbons (Fsp3) is 0.389. The summed E-state index contributed by atoms with van der Waals surface area (Å²) in [7, 11) is 2.11. The zero-order chi connectivity index (χ0) is 18.1. The molecular weight excluding hydrogens is 320 g/mol. The molecule has 0 atom stereocenters. The molecule has 1 aromatic carbocycles. The van der Waals surface area contributed by atoms with Crippen LogP contribution in [0.1, 0.15) is 11.1 Å². The van der Waals surface area contributed by atoms with Crippen molar-refractivity contribution in [2.75, 3.05) is 38.1 Å². The topological polar surface area (TPSA) is 74.2 Å². The molecule has 0 spiro atoms. The number of aryl methyl sites for hydroxylation is 2. The molecule has 2 aliphatic heterocycles. The van der Waals surface area contributed by atoms with Gasteiger partial charge in [-0.25, -0.2) is 9.69 Å². The van der Waals surface area contributed by atoms with Crippen LogP contribution in [0.4, 0.5) is 10.5 Å². The summed E-state index contributed by atoms with van der Waals surface area (Å²) in [6.07, 6.45) is 1.59. The van der Waals surface area contributed by atoms with E-state index in [0.29, 0.717) is 5.69 Å². The van der Waals surface area contributed by atoms with Crippen LogP contribution in [0.15, 0.2) is 30.0 Å². The molecule has 2 N–H and O–H groups in total. The Morgan fingerprint density at radius 1 is 1.08 bits per heavy atom. The van der Waals surface area contributed by atoms with Crippen molar-refractivity contribution < 1.29 is 19.3 Å². The van der Waals surface area contributed by atoms with Gasteiger partial charge >= 0.3 is 6.03 Å². The number of carbonyl (C=O) groups excluding carboxylic acids is 3. The van der Waals surface area contributed by atoms with Crippen LogP contribution in [-0.2, 0) is 9.59 Å². The third kappa shape index (κ3) is 3.41. The van der Waals surface area contributed by atoms with Crippen molar-refractivity contribution in [3.63, 3.8) is 0 Å². The number of hydrogen-bond donors (Lipinski definition) is 2. The number of amides is 4. The van der Waals surface area contributed by atoms with Crippen LogP contribution in [0.3, 0.4) is 0 Å². The van der Waals surface area contributed by atoms with Gasteiger partial charge in [-0.2, -0.15) is 0 Å². The van der Waals surface area contributed by atoms with E-state index in [-0.39, 0.29) is 5.57 Å². The van der Waals surface area contributed by atoms with Crippen LogP contribution < -0.4 is 15.1 Å². The summed E-state index contributed by atoms with van der Waals surface area (Å²) in [5, 5.41) is 2.27. The molecule has 0 unspecified atom stereocenters. The molecule has 3 rings (SSSR count). The second-order valence-corrected chi connectivity index (χ2v) is 6.70. The van der Waals surface area contributed by atoms with E-state index in [1.165, 1.54) is 4.90 Å². The summed E-state index contributed by atoms with van der Waals surface area (Å²) in [5.74, 6) is -1.22. The van der Waals surface area contributed by atoms with Gasteiger partial charge in [-0.05, 0) is 37.1 Å². The molecule has 2 fully saturated rings. The molecule has 25 heavy (non-hydrogen) atoms. The molecule has 4 amide bonds. The third-order valence-corrected chi connectivity index (χ3v) is 4.81. The molecule has 7 heteroatoms. The number of nitrogens with zero attached hydrogens (tertiary/aromatic N) is 2. The lowest BCUT2D eigenvalue weighted by atomic mass is 10.1. The van der Waals surface area contributed by atoms with E-state index in [9.17, 15) is 14.4 Å². The van der Waals surface area contributed by atoms with E-state index in [2.05, 4.69) is 12.4 Å². The van der Waals surface area contributed by atoms with Crippen molar-refractivity contribution in [3.05, 3.63) is 41.1 Å². The second kappa shape index (κ2) is 6.68. The fourth-order valence-electron chi connectivity index (χ4n) is 2.96. The number of urea groups is 1. The molecular formula is C18H23N4O3+. The summed E-state index contributed by atoms with van der Waals surface area (Å²) in [6.45, 7) is 7.31. The van der Waals surface area contributed by atoms with Gasteiger partial charge in [0.2, 0.25) is 0 Å². The quantitative estimate of drug-likeness (QED) is 0.566. The lowest BCUT2D eigenvalue weighted by Gasteiger charge is -2.31. The molecule has 0 aliphatic carbocycles. The van der Waals surface area contributed by atoms with Gasteiger partial charge in [-0.1, -0.05) is 6.07 Å². The number of anilines is 1. The van der Waals surface area contributed by atoms with Gasteiger partial charge in [-0.3, -0.25) is 14.9 Å². The predicted octanol–water partition coefficient (Wildman–Crippen LogP) is -0.400. The molecule has 2 aliphatic rings. The summed E-state index contributed by atoms with van der Waals surface area (Å²) in [5.41, 5.74) is 2.51. The predicted molar refractivity (Wildman–Crippen MR) is 93.2 cm³/mol. The second-order valence-electron chi connectivity index (χ2n) is 6.70. The number of carbonyl (C=O) groups is 3. The number of hydrogen-bond acceptors (Lipinski definition) is 4. The Kier molecular flexibility index (Phi) is 4.59. The number of nitrogens with one attached hydrogen (secondary N) is 2. The van der Waals surface area contributed by atoms with Crippen molar-refractivity contribution in [2.45, 2.75) is 13.8 Å². The van der Waals surface area contributed by atoms with Gasteiger partial charge in [0.25, 0.3) is 11.8 Å². The maximum Gasteiger partial charge on any atom is 0.335 e. The lowest BCUT2D eigenvalue weighted by molar-refractivity contribution is -0.883. The molecule has 0 saturated carbocycles. The minimum atomic E-state index is -0.710. The van der Waals surface area contributed by atoms with Gasteiger partial charge in [0, 0.05) is 6.20 Å². The number of piperazine rings is 1. The van der Waals surface area contributed by atoms with Crippen molar-refractivity contribution in [2.24, 2.45) is 0 Å². The van der Waals surface area contributed by atoms with E-state index < -0.39 is 17.8 Å². The maximum atomic E-state index is 12.8. The van der Waals surface area contributed by atoms with Gasteiger partial charge < -0.3 is 9.80 Å². The minimum absolute atomic E-state index is 0.00242. The van der Waals surface area contributed by atoms with Crippen molar-refractivity contribution in [1.82, 2.24) is 10.2 Å². The Morgan fingerprint density at radius 3 is 2.40 bits per heavy atom. The molecule has 132 valence electrons. The van der Waals surface area contributed by atoms with Crippen LogP contribution in [0, 0.1) is 13.8 Å². The number of barbiturate groups is 1. The highest BCUT2D eigenvalue weighted by molar-refractivity contribution is 6.37. The molecule has 0 bridgehead atoms. The van der Waals surface area contributed by atoms with E-state index in [0.717, 1.165) is 42.2 Å². The summed E-state index contributed by atoms with van der Waals surface area (Å²) in [4.78, 5) is 41.6. The lowest BCUT2D eigenvalue weighted by Crippen LogP contribution is -3.11. The average molecular weight is 343 g/mol. The first-order valence-electron chi connectivity index (χ1n) is 8.41. The van der Waals surface area contributed by atoms with E-state index >= 15 is 0 Å². The smallest absolute Gasteiger partial charge is 0.335 e. The third-order valence-electron chi connectivity index (χ3n) is 4.81. The van der Waals surface area contributed by atoms with Crippen molar-refractivity contribution in [3.8, 4) is 0 Å². The van der Waals surface area contributed by atoms with Gasteiger partial charge in [-0.15, -0.1) is 0 Å². The minimum Gasteiger partial charge on any atom is -0.365 e. The highest BCUT2D eigenvalue weighted by Crippen LogP contribution is 2.23. The fourth-order valence-corrected chi connectivity index (χ4v) is 2.96. The molecule has 0 aromatic heterocycles. The summed E-state index contributed by atoms with van der Waals surface area (Å²) >= 11 is 0. The Hall–Kier alpha value is -2.67. The van der Waals surface area contributed by atoms with Gasteiger partial charge in [0.05, 0.1) is 38.9 Å². The molecule has 7 nitrogen and oxygen atoms in total. The molecule has 2 saturated heterocycles. The SMILES string of the molecule is Cc1ccc(N2C(=O)NC(=O)/C(=C\N3CC[NH+](C)CC3)C2=O)cc1C. The number of quaternary nitrogens is 1. The monoisotopic (exact) mass is 343 g/mol. The van der Waals surface area contributed by atoms with Crippen LogP contribution in [0.25, 0.3) is 0 Å². The normalized spacial score (nSPS) is 21.1. The zero-order valence-corrected chi connectivity index (χ0v) is 14.8. The Labute approximate surface area is 146 Å². The largest absolute Gasteiger partial charge is 0.365 e. The van der Waals surface area contributed by atoms with E-state index in [4.69, 9.17) is 0 Å². The number of benzene rings is 1. The van der Waals surface area contributed by atoms with Gasteiger partial charge in [0.15, 0.2) is 0 Å². The van der Waals surface area contributed by atoms with Crippen molar-refractivity contribution in [1.29, 1.82) is 0 Å². The Bertz CT molecular complexity index is 764.